The van der Waals surface area contributed by atoms with E-state index in [-0.39, 0.29) is 22.7 Å². The molecule has 0 unspecified atom stereocenters. The molecular formula is C12H7ClN4O. The highest BCUT2D eigenvalue weighted by molar-refractivity contribution is 6.31. The lowest BCUT2D eigenvalue weighted by Crippen LogP contribution is -2.01. The van der Waals surface area contributed by atoms with E-state index in [9.17, 15) is 5.11 Å². The molecule has 0 saturated carbocycles. The average Bonchev–Trinajstić information content (AvgIpc) is 2.35. The van der Waals surface area contributed by atoms with Crippen molar-refractivity contribution in [3.63, 3.8) is 0 Å². The van der Waals surface area contributed by atoms with Gasteiger partial charge in [0.15, 0.2) is 5.57 Å². The Balaban J connectivity index is 3.26. The Morgan fingerprint density at radius 2 is 1.83 bits per heavy atom. The van der Waals surface area contributed by atoms with Crippen molar-refractivity contribution in [3.05, 3.63) is 34.0 Å². The van der Waals surface area contributed by atoms with E-state index in [0.29, 0.717) is 10.6 Å². The molecule has 18 heavy (non-hydrogen) atoms. The second-order valence-electron chi connectivity index (χ2n) is 3.33. The van der Waals surface area contributed by atoms with E-state index in [2.05, 4.69) is 5.32 Å². The Morgan fingerprint density at radius 3 is 2.33 bits per heavy atom. The quantitative estimate of drug-likeness (QED) is 0.627. The Hall–Kier alpha value is -2.68. The third kappa shape index (κ3) is 2.71. The van der Waals surface area contributed by atoms with E-state index in [1.54, 1.807) is 25.1 Å². The van der Waals surface area contributed by atoms with Crippen molar-refractivity contribution in [2.75, 3.05) is 5.32 Å². The molecular weight excluding hydrogens is 252 g/mol. The Labute approximate surface area is 109 Å². The van der Waals surface area contributed by atoms with Gasteiger partial charge in [0.2, 0.25) is 0 Å². The highest BCUT2D eigenvalue weighted by atomic mass is 35.5. The van der Waals surface area contributed by atoms with E-state index >= 15 is 0 Å². The number of hydrogen-bond donors (Lipinski definition) is 2. The Bertz CT molecular complexity index is 628. The van der Waals surface area contributed by atoms with Gasteiger partial charge in [0.1, 0.15) is 29.7 Å². The molecule has 0 heterocycles. The van der Waals surface area contributed by atoms with Crippen LogP contribution in [0.1, 0.15) is 5.56 Å². The number of phenols is 1. The van der Waals surface area contributed by atoms with Gasteiger partial charge >= 0.3 is 0 Å². The SMILES string of the molecule is Cc1cc(O)c(NC(C#N)=C(C#N)C#N)cc1Cl. The number of phenolic OH excluding ortho intramolecular Hbond substituents is 1. The highest BCUT2D eigenvalue weighted by Crippen LogP contribution is 2.31. The van der Waals surface area contributed by atoms with Crippen LogP contribution < -0.4 is 5.32 Å². The number of benzene rings is 1. The molecule has 0 aromatic heterocycles. The van der Waals surface area contributed by atoms with Crippen molar-refractivity contribution in [1.82, 2.24) is 0 Å². The molecule has 0 fully saturated rings. The lowest BCUT2D eigenvalue weighted by molar-refractivity contribution is 0.477. The largest absolute Gasteiger partial charge is 0.506 e. The third-order valence-corrected chi connectivity index (χ3v) is 2.53. The van der Waals surface area contributed by atoms with Gasteiger partial charge in [0.05, 0.1) is 5.69 Å². The van der Waals surface area contributed by atoms with Crippen LogP contribution in [0.2, 0.25) is 5.02 Å². The first-order valence-corrected chi connectivity index (χ1v) is 5.12. The van der Waals surface area contributed by atoms with Crippen molar-refractivity contribution in [1.29, 1.82) is 15.8 Å². The molecule has 0 spiro atoms. The summed E-state index contributed by atoms with van der Waals surface area (Å²) in [6, 6.07) is 7.69. The number of nitrogens with one attached hydrogen (secondary N) is 1. The molecule has 88 valence electrons. The van der Waals surface area contributed by atoms with Crippen LogP contribution in [0.15, 0.2) is 23.4 Å². The van der Waals surface area contributed by atoms with Gasteiger partial charge in [-0.25, -0.2) is 0 Å². The Morgan fingerprint density at radius 1 is 1.22 bits per heavy atom. The molecule has 1 rings (SSSR count). The number of allylic oxidation sites excluding steroid dienone is 2. The van der Waals surface area contributed by atoms with Crippen molar-refractivity contribution in [2.45, 2.75) is 6.92 Å². The number of nitriles is 3. The van der Waals surface area contributed by atoms with Gasteiger partial charge in [0, 0.05) is 5.02 Å². The van der Waals surface area contributed by atoms with Crippen molar-refractivity contribution >= 4 is 17.3 Å². The molecule has 6 heteroatoms. The molecule has 5 nitrogen and oxygen atoms in total. The number of halogens is 1. The van der Waals surface area contributed by atoms with Crippen LogP contribution in [-0.2, 0) is 0 Å². The van der Waals surface area contributed by atoms with Crippen LogP contribution >= 0.6 is 11.6 Å². The second-order valence-corrected chi connectivity index (χ2v) is 3.74. The number of nitrogens with zero attached hydrogens (tertiary/aromatic N) is 3. The first-order chi connectivity index (χ1) is 8.53. The molecule has 0 aliphatic carbocycles. The van der Waals surface area contributed by atoms with Gasteiger partial charge in [-0.15, -0.1) is 0 Å². The fraction of sp³-hybridized carbons (Fsp3) is 0.0833. The van der Waals surface area contributed by atoms with Crippen LogP contribution in [0.4, 0.5) is 5.69 Å². The predicted molar refractivity (Wildman–Crippen MR) is 65.3 cm³/mol. The molecule has 1 aromatic rings. The monoisotopic (exact) mass is 258 g/mol. The summed E-state index contributed by atoms with van der Waals surface area (Å²) in [5.74, 6) is -0.125. The summed E-state index contributed by atoms with van der Waals surface area (Å²) in [5.41, 5.74) is 0.219. The smallest absolute Gasteiger partial charge is 0.163 e. The standard InChI is InChI=1S/C12H7ClN4O/c1-7-2-12(18)10(3-9(7)13)17-11(6-16)8(4-14)5-15/h2-3,17-18H,1H3. The first kappa shape index (κ1) is 13.4. The Kier molecular flexibility index (Phi) is 4.16. The van der Waals surface area contributed by atoms with Gasteiger partial charge in [0.25, 0.3) is 0 Å². The number of anilines is 1. The van der Waals surface area contributed by atoms with Crippen LogP contribution in [0.25, 0.3) is 0 Å². The molecule has 1 aromatic carbocycles. The second kappa shape index (κ2) is 5.59. The topological polar surface area (TPSA) is 104 Å². The van der Waals surface area contributed by atoms with E-state index < -0.39 is 0 Å². The van der Waals surface area contributed by atoms with Crippen molar-refractivity contribution < 1.29 is 5.11 Å². The fourth-order valence-corrected chi connectivity index (χ4v) is 1.35. The summed E-state index contributed by atoms with van der Waals surface area (Å²) >= 11 is 5.88. The minimum absolute atomic E-state index is 0.125. The summed E-state index contributed by atoms with van der Waals surface area (Å²) in [7, 11) is 0. The summed E-state index contributed by atoms with van der Waals surface area (Å²) in [4.78, 5) is 0. The van der Waals surface area contributed by atoms with Crippen LogP contribution in [0.5, 0.6) is 5.75 Å². The number of aromatic hydroxyl groups is 1. The predicted octanol–water partition coefficient (Wildman–Crippen LogP) is 2.59. The summed E-state index contributed by atoms with van der Waals surface area (Å²) < 4.78 is 0. The zero-order valence-corrected chi connectivity index (χ0v) is 10.1. The molecule has 2 N–H and O–H groups in total. The molecule has 0 aliphatic heterocycles. The van der Waals surface area contributed by atoms with Gasteiger partial charge in [-0.3, -0.25) is 0 Å². The van der Waals surface area contributed by atoms with E-state index in [4.69, 9.17) is 27.4 Å². The first-order valence-electron chi connectivity index (χ1n) is 4.74. The fourth-order valence-electron chi connectivity index (χ4n) is 1.18. The zero-order valence-electron chi connectivity index (χ0n) is 9.32. The van der Waals surface area contributed by atoms with Crippen molar-refractivity contribution in [3.8, 4) is 24.0 Å². The van der Waals surface area contributed by atoms with Gasteiger partial charge in [-0.2, -0.15) is 15.8 Å². The number of rotatable bonds is 2. The molecule has 0 saturated heterocycles. The van der Waals surface area contributed by atoms with Crippen molar-refractivity contribution in [2.24, 2.45) is 0 Å². The van der Waals surface area contributed by atoms with E-state index in [1.807, 2.05) is 0 Å². The maximum absolute atomic E-state index is 9.67. The zero-order chi connectivity index (χ0) is 13.7. The molecule has 0 aliphatic rings. The van der Waals surface area contributed by atoms with E-state index in [0.717, 1.165) is 0 Å². The van der Waals surface area contributed by atoms with Crippen LogP contribution in [0, 0.1) is 40.9 Å². The molecule has 0 atom stereocenters. The third-order valence-electron chi connectivity index (χ3n) is 2.12. The lowest BCUT2D eigenvalue weighted by atomic mass is 10.2. The number of aryl methyl sites for hydroxylation is 1. The molecule has 0 radical (unpaired) electrons. The summed E-state index contributed by atoms with van der Waals surface area (Å²) in [5, 5.41) is 38.7. The lowest BCUT2D eigenvalue weighted by Gasteiger charge is -2.09. The summed E-state index contributed by atoms with van der Waals surface area (Å²) in [6.45, 7) is 1.71. The van der Waals surface area contributed by atoms with Gasteiger partial charge in [-0.1, -0.05) is 11.6 Å². The summed E-state index contributed by atoms with van der Waals surface area (Å²) in [6.07, 6.45) is 0. The van der Waals surface area contributed by atoms with E-state index in [1.165, 1.54) is 12.1 Å². The molecule has 0 bridgehead atoms. The maximum Gasteiger partial charge on any atom is 0.163 e. The van der Waals surface area contributed by atoms with Crippen LogP contribution in [-0.4, -0.2) is 5.11 Å². The average molecular weight is 259 g/mol. The van der Waals surface area contributed by atoms with Gasteiger partial charge in [-0.05, 0) is 24.6 Å². The normalized spacial score (nSPS) is 8.61. The minimum atomic E-state index is -0.367. The van der Waals surface area contributed by atoms with Gasteiger partial charge < -0.3 is 10.4 Å². The number of hydrogen-bond acceptors (Lipinski definition) is 5. The minimum Gasteiger partial charge on any atom is -0.506 e. The highest BCUT2D eigenvalue weighted by Gasteiger charge is 2.10. The van der Waals surface area contributed by atoms with Crippen LogP contribution in [0.3, 0.4) is 0 Å². The maximum atomic E-state index is 9.67. The molecule has 0 amide bonds.